The predicted molar refractivity (Wildman–Crippen MR) is 121 cm³/mol. The molecule has 8 heteroatoms. The molecule has 0 bridgehead atoms. The van der Waals surface area contributed by atoms with Crippen LogP contribution >= 0.6 is 11.6 Å². The van der Waals surface area contributed by atoms with Gasteiger partial charge in [0.1, 0.15) is 12.4 Å². The highest BCUT2D eigenvalue weighted by molar-refractivity contribution is 6.33. The Kier molecular flexibility index (Phi) is 6.86. The van der Waals surface area contributed by atoms with E-state index in [1.54, 1.807) is 23.0 Å². The van der Waals surface area contributed by atoms with E-state index in [1.165, 1.54) is 0 Å². The van der Waals surface area contributed by atoms with E-state index < -0.39 is 0 Å². The fourth-order valence-corrected chi connectivity index (χ4v) is 3.80. The van der Waals surface area contributed by atoms with E-state index in [0.717, 1.165) is 44.1 Å². The second-order valence-electron chi connectivity index (χ2n) is 7.30. The van der Waals surface area contributed by atoms with Crippen molar-refractivity contribution in [2.75, 3.05) is 44.8 Å². The van der Waals surface area contributed by atoms with E-state index in [-0.39, 0.29) is 5.91 Å². The Morgan fingerprint density at radius 2 is 1.97 bits per heavy atom. The Balaban J connectivity index is 1.55. The Labute approximate surface area is 186 Å². The Hall–Kier alpha value is -2.87. The van der Waals surface area contributed by atoms with Crippen LogP contribution in [0.2, 0.25) is 5.02 Å². The molecule has 1 fully saturated rings. The van der Waals surface area contributed by atoms with Crippen molar-refractivity contribution in [1.82, 2.24) is 14.7 Å². The van der Waals surface area contributed by atoms with Crippen LogP contribution in [0.15, 0.2) is 54.7 Å². The van der Waals surface area contributed by atoms with Crippen molar-refractivity contribution >= 4 is 23.2 Å². The van der Waals surface area contributed by atoms with Crippen molar-refractivity contribution < 1.29 is 14.3 Å². The first-order valence-electron chi connectivity index (χ1n) is 10.2. The minimum atomic E-state index is -0.177. The summed E-state index contributed by atoms with van der Waals surface area (Å²) in [5.74, 6) is 0.514. The molecular formula is C23H25ClN4O3. The molecule has 1 aliphatic heterocycles. The van der Waals surface area contributed by atoms with Crippen molar-refractivity contribution in [1.29, 1.82) is 0 Å². The van der Waals surface area contributed by atoms with Gasteiger partial charge in [0.25, 0.3) is 5.91 Å². The quantitative estimate of drug-likeness (QED) is 0.606. The molecule has 0 unspecified atom stereocenters. The van der Waals surface area contributed by atoms with Gasteiger partial charge in [-0.2, -0.15) is 5.10 Å². The van der Waals surface area contributed by atoms with Gasteiger partial charge >= 0.3 is 0 Å². The highest BCUT2D eigenvalue weighted by atomic mass is 35.5. The first-order valence-corrected chi connectivity index (χ1v) is 10.6. The third kappa shape index (κ3) is 5.25. The lowest BCUT2D eigenvalue weighted by Crippen LogP contribution is -2.38. The van der Waals surface area contributed by atoms with Gasteiger partial charge in [0.2, 0.25) is 0 Å². The number of carbonyl (C=O) groups is 1. The fraction of sp³-hybridized carbons (Fsp3) is 0.304. The lowest BCUT2D eigenvalue weighted by atomic mass is 10.1. The van der Waals surface area contributed by atoms with Crippen LogP contribution in [-0.4, -0.2) is 60.0 Å². The van der Waals surface area contributed by atoms with Crippen molar-refractivity contribution in [3.05, 3.63) is 65.3 Å². The molecule has 0 spiro atoms. The molecule has 3 aromatic rings. The number of halogens is 1. The summed E-state index contributed by atoms with van der Waals surface area (Å²) in [4.78, 5) is 14.9. The van der Waals surface area contributed by atoms with Crippen LogP contribution in [0, 0.1) is 0 Å². The zero-order chi connectivity index (χ0) is 21.6. The van der Waals surface area contributed by atoms with E-state index in [2.05, 4.69) is 15.3 Å². The van der Waals surface area contributed by atoms with E-state index >= 15 is 0 Å². The molecule has 1 N–H and O–H groups in total. The predicted octanol–water partition coefficient (Wildman–Crippen LogP) is 3.70. The third-order valence-corrected chi connectivity index (χ3v) is 5.47. The fourth-order valence-electron chi connectivity index (χ4n) is 3.53. The third-order valence-electron chi connectivity index (χ3n) is 5.19. The molecule has 4 rings (SSSR count). The number of benzene rings is 2. The highest BCUT2D eigenvalue weighted by Crippen LogP contribution is 2.36. The number of carbonyl (C=O) groups excluding carboxylic acids is 1. The SMILES string of the molecule is Cn1ncc(Cl)c1-c1cc(NC(=O)c2ccccc2)ccc1OCCN1CCOCC1. The lowest BCUT2D eigenvalue weighted by Gasteiger charge is -2.26. The number of amides is 1. The first-order chi connectivity index (χ1) is 15.1. The molecule has 0 atom stereocenters. The summed E-state index contributed by atoms with van der Waals surface area (Å²) in [6, 6.07) is 14.7. The summed E-state index contributed by atoms with van der Waals surface area (Å²) in [6.45, 7) is 4.69. The van der Waals surface area contributed by atoms with Gasteiger partial charge in [0.15, 0.2) is 0 Å². The van der Waals surface area contributed by atoms with Crippen molar-refractivity contribution in [3.8, 4) is 17.0 Å². The average Bonchev–Trinajstić information content (AvgIpc) is 3.13. The van der Waals surface area contributed by atoms with Crippen LogP contribution in [0.25, 0.3) is 11.3 Å². The zero-order valence-corrected chi connectivity index (χ0v) is 18.1. The molecule has 2 aromatic carbocycles. The molecule has 7 nitrogen and oxygen atoms in total. The molecule has 162 valence electrons. The number of hydrogen-bond donors (Lipinski definition) is 1. The summed E-state index contributed by atoms with van der Waals surface area (Å²) in [5, 5.41) is 7.71. The summed E-state index contributed by atoms with van der Waals surface area (Å²) < 4.78 is 13.2. The van der Waals surface area contributed by atoms with Gasteiger partial charge < -0.3 is 14.8 Å². The Morgan fingerprint density at radius 1 is 1.19 bits per heavy atom. The molecule has 0 radical (unpaired) electrons. The second kappa shape index (κ2) is 9.96. The number of rotatable bonds is 7. The lowest BCUT2D eigenvalue weighted by molar-refractivity contribution is 0.0323. The smallest absolute Gasteiger partial charge is 0.255 e. The maximum Gasteiger partial charge on any atom is 0.255 e. The summed E-state index contributed by atoms with van der Waals surface area (Å²) in [7, 11) is 1.83. The molecule has 1 aliphatic rings. The average molecular weight is 441 g/mol. The number of nitrogens with one attached hydrogen (secondary N) is 1. The standard InChI is InChI=1S/C23H25ClN4O3/c1-27-22(20(24)16-25-27)19-15-18(26-23(29)17-5-3-2-4-6-17)7-8-21(19)31-14-11-28-9-12-30-13-10-28/h2-8,15-16H,9-14H2,1H3,(H,26,29). The first kappa shape index (κ1) is 21.4. The number of nitrogens with zero attached hydrogens (tertiary/aromatic N) is 3. The molecule has 2 heterocycles. The van der Waals surface area contributed by atoms with Crippen LogP contribution in [0.1, 0.15) is 10.4 Å². The summed E-state index contributed by atoms with van der Waals surface area (Å²) in [5.41, 5.74) is 2.76. The Morgan fingerprint density at radius 3 is 2.68 bits per heavy atom. The number of ether oxygens (including phenoxy) is 2. The van der Waals surface area contributed by atoms with Crippen molar-refractivity contribution in [3.63, 3.8) is 0 Å². The van der Waals surface area contributed by atoms with Crippen LogP contribution in [0.3, 0.4) is 0 Å². The topological polar surface area (TPSA) is 68.6 Å². The number of anilines is 1. The highest BCUT2D eigenvalue weighted by Gasteiger charge is 2.17. The van der Waals surface area contributed by atoms with Crippen LogP contribution in [-0.2, 0) is 11.8 Å². The van der Waals surface area contributed by atoms with Crippen LogP contribution in [0.4, 0.5) is 5.69 Å². The molecule has 1 saturated heterocycles. The van der Waals surface area contributed by atoms with E-state index in [9.17, 15) is 4.79 Å². The van der Waals surface area contributed by atoms with Gasteiger partial charge in [-0.05, 0) is 30.3 Å². The number of aryl methyl sites for hydroxylation is 1. The summed E-state index contributed by atoms with van der Waals surface area (Å²) in [6.07, 6.45) is 1.60. The summed E-state index contributed by atoms with van der Waals surface area (Å²) >= 11 is 6.41. The second-order valence-corrected chi connectivity index (χ2v) is 7.71. The number of hydrogen-bond acceptors (Lipinski definition) is 5. The molecule has 0 aliphatic carbocycles. The van der Waals surface area contributed by atoms with E-state index in [0.29, 0.717) is 28.6 Å². The van der Waals surface area contributed by atoms with E-state index in [4.69, 9.17) is 21.1 Å². The van der Waals surface area contributed by atoms with Crippen LogP contribution in [0.5, 0.6) is 5.75 Å². The molecular weight excluding hydrogens is 416 g/mol. The van der Waals surface area contributed by atoms with Gasteiger partial charge in [-0.1, -0.05) is 29.8 Å². The Bertz CT molecular complexity index is 1010. The largest absolute Gasteiger partial charge is 0.492 e. The molecule has 1 aromatic heterocycles. The van der Waals surface area contributed by atoms with Gasteiger partial charge in [0.05, 0.1) is 30.1 Å². The minimum absolute atomic E-state index is 0.177. The van der Waals surface area contributed by atoms with Gasteiger partial charge in [0, 0.05) is 43.5 Å². The normalized spacial score (nSPS) is 14.4. The monoisotopic (exact) mass is 440 g/mol. The molecule has 0 saturated carbocycles. The molecule has 1 amide bonds. The van der Waals surface area contributed by atoms with Gasteiger partial charge in [-0.25, -0.2) is 0 Å². The molecule has 31 heavy (non-hydrogen) atoms. The minimum Gasteiger partial charge on any atom is -0.492 e. The van der Waals surface area contributed by atoms with Crippen molar-refractivity contribution in [2.45, 2.75) is 0 Å². The maximum atomic E-state index is 12.6. The van der Waals surface area contributed by atoms with Crippen LogP contribution < -0.4 is 10.1 Å². The number of aromatic nitrogens is 2. The maximum absolute atomic E-state index is 12.6. The van der Waals surface area contributed by atoms with Gasteiger partial charge in [-0.3, -0.25) is 14.4 Å². The van der Waals surface area contributed by atoms with E-state index in [1.807, 2.05) is 43.4 Å². The number of morpholine rings is 1. The van der Waals surface area contributed by atoms with Gasteiger partial charge in [-0.15, -0.1) is 0 Å². The zero-order valence-electron chi connectivity index (χ0n) is 17.4. The van der Waals surface area contributed by atoms with Crippen molar-refractivity contribution in [2.24, 2.45) is 7.05 Å².